The Hall–Kier alpha value is -4.29. The highest BCUT2D eigenvalue weighted by molar-refractivity contribution is 5.98. The second-order valence-electron chi connectivity index (χ2n) is 11.3. The fourth-order valence-corrected chi connectivity index (χ4v) is 6.19. The summed E-state index contributed by atoms with van der Waals surface area (Å²) in [4.78, 5) is 58.8. The second kappa shape index (κ2) is 10.5. The van der Waals surface area contributed by atoms with Crippen LogP contribution in [0.3, 0.4) is 0 Å². The molecular weight excluding hydrogens is 542 g/mol. The first kappa shape index (κ1) is 27.9. The number of nitrogens with zero attached hydrogens (tertiary/aromatic N) is 4. The van der Waals surface area contributed by atoms with Gasteiger partial charge < -0.3 is 29.4 Å². The summed E-state index contributed by atoms with van der Waals surface area (Å²) in [6, 6.07) is 7.20. The zero-order valence-corrected chi connectivity index (χ0v) is 23.8. The predicted molar refractivity (Wildman–Crippen MR) is 153 cm³/mol. The predicted octanol–water partition coefficient (Wildman–Crippen LogP) is 1.26. The number of piperazine rings is 1. The molecule has 12 nitrogen and oxygen atoms in total. The maximum Gasteiger partial charge on any atom is 0.343 e. The number of fused-ring (bicyclic) bond motifs is 5. The molecule has 0 unspecified atom stereocenters. The van der Waals surface area contributed by atoms with Crippen LogP contribution in [0.5, 0.6) is 5.75 Å². The minimum Gasteiger partial charge on any atom is -0.458 e. The Morgan fingerprint density at radius 2 is 1.98 bits per heavy atom. The fraction of sp³-hybridized carbons (Fsp3) is 0.433. The zero-order valence-electron chi connectivity index (χ0n) is 23.8. The van der Waals surface area contributed by atoms with E-state index in [0.717, 1.165) is 16.6 Å². The van der Waals surface area contributed by atoms with Gasteiger partial charge in [0, 0.05) is 48.7 Å². The number of carbonyl (C=O) groups is 3. The number of ether oxygens (including phenoxy) is 2. The van der Waals surface area contributed by atoms with Gasteiger partial charge in [-0.15, -0.1) is 0 Å². The lowest BCUT2D eigenvalue weighted by molar-refractivity contribution is -0.172. The highest BCUT2D eigenvalue weighted by atomic mass is 16.6. The number of benzene rings is 1. The number of pyridine rings is 2. The van der Waals surface area contributed by atoms with Gasteiger partial charge in [-0.2, -0.15) is 0 Å². The monoisotopic (exact) mass is 575 g/mol. The molecule has 3 aliphatic heterocycles. The van der Waals surface area contributed by atoms with Crippen molar-refractivity contribution in [1.82, 2.24) is 19.8 Å². The Labute approximate surface area is 241 Å². The van der Waals surface area contributed by atoms with Crippen LogP contribution in [0.4, 0.5) is 5.69 Å². The van der Waals surface area contributed by atoms with Crippen molar-refractivity contribution in [3.8, 4) is 17.1 Å². The first-order chi connectivity index (χ1) is 20.1. The number of rotatable bonds is 7. The lowest BCUT2D eigenvalue weighted by Gasteiger charge is -2.36. The van der Waals surface area contributed by atoms with Crippen molar-refractivity contribution in [2.45, 2.75) is 52.0 Å². The third-order valence-corrected chi connectivity index (χ3v) is 8.31. The van der Waals surface area contributed by atoms with Crippen molar-refractivity contribution < 1.29 is 29.0 Å². The van der Waals surface area contributed by atoms with Crippen molar-refractivity contribution in [3.05, 3.63) is 51.3 Å². The first-order valence-corrected chi connectivity index (χ1v) is 14.1. The summed E-state index contributed by atoms with van der Waals surface area (Å²) in [7, 11) is 0. The lowest BCUT2D eigenvalue weighted by atomic mass is 9.86. The standard InChI is InChI=1S/C30H33N5O7/c1-4-30(40)21-12-23-26-18(13-35(23)28(38)20(21)15-41-29(30)39)11-19-22(32-26)5-6-24(42-16-36)27(19)34-9-7-33(8-10-34)14-25(37)31-17(2)3/h5-6,11-12,16-17,40H,4,7-10,13-15H2,1-3H3,(H,31,37)/t30-/m0/s1. The normalized spacial score (nSPS) is 19.7. The number of hydrogen-bond acceptors (Lipinski definition) is 10. The van der Waals surface area contributed by atoms with E-state index in [1.807, 2.05) is 19.9 Å². The summed E-state index contributed by atoms with van der Waals surface area (Å²) in [5, 5.41) is 14.8. The van der Waals surface area contributed by atoms with Crippen LogP contribution in [0.2, 0.25) is 0 Å². The molecule has 0 aliphatic carbocycles. The molecule has 5 heterocycles. The molecule has 0 spiro atoms. The smallest absolute Gasteiger partial charge is 0.343 e. The first-order valence-electron chi connectivity index (χ1n) is 14.1. The molecule has 1 saturated heterocycles. The molecule has 3 aliphatic rings. The molecule has 2 aromatic heterocycles. The Balaban J connectivity index is 1.38. The number of cyclic esters (lactones) is 1. The van der Waals surface area contributed by atoms with Gasteiger partial charge in [0.2, 0.25) is 5.91 Å². The number of carbonyl (C=O) groups excluding carboxylic acids is 3. The summed E-state index contributed by atoms with van der Waals surface area (Å²) in [6.45, 7) is 8.82. The number of nitrogens with one attached hydrogen (secondary N) is 1. The van der Waals surface area contributed by atoms with Crippen molar-refractivity contribution in [3.63, 3.8) is 0 Å². The van der Waals surface area contributed by atoms with Crippen molar-refractivity contribution >= 4 is 34.9 Å². The molecule has 1 amide bonds. The maximum atomic E-state index is 13.5. The summed E-state index contributed by atoms with van der Waals surface area (Å²) in [5.41, 5.74) is 1.59. The van der Waals surface area contributed by atoms with Gasteiger partial charge >= 0.3 is 5.97 Å². The minimum absolute atomic E-state index is 0.0156. The summed E-state index contributed by atoms with van der Waals surface area (Å²) in [5.74, 6) is -0.380. The third kappa shape index (κ3) is 4.51. The van der Waals surface area contributed by atoms with Gasteiger partial charge in [0.1, 0.15) is 6.61 Å². The Bertz CT molecular complexity index is 1670. The number of aliphatic hydroxyl groups is 1. The maximum absolute atomic E-state index is 13.5. The van der Waals surface area contributed by atoms with Crippen molar-refractivity contribution in [2.75, 3.05) is 37.6 Å². The van der Waals surface area contributed by atoms with Gasteiger partial charge in [-0.1, -0.05) is 6.92 Å². The number of aromatic nitrogens is 2. The van der Waals surface area contributed by atoms with Crippen LogP contribution >= 0.6 is 0 Å². The Morgan fingerprint density at radius 3 is 2.67 bits per heavy atom. The van der Waals surface area contributed by atoms with Gasteiger partial charge in [0.05, 0.1) is 41.2 Å². The lowest BCUT2D eigenvalue weighted by Crippen LogP contribution is -2.50. The molecule has 0 radical (unpaired) electrons. The average Bonchev–Trinajstić information content (AvgIpc) is 3.32. The molecule has 2 N–H and O–H groups in total. The third-order valence-electron chi connectivity index (χ3n) is 8.31. The van der Waals surface area contributed by atoms with E-state index in [4.69, 9.17) is 14.5 Å². The van der Waals surface area contributed by atoms with Crippen LogP contribution < -0.4 is 20.5 Å². The van der Waals surface area contributed by atoms with E-state index >= 15 is 0 Å². The summed E-state index contributed by atoms with van der Waals surface area (Å²) in [6.07, 6.45) is 0.0677. The van der Waals surface area contributed by atoms with E-state index in [2.05, 4.69) is 15.1 Å². The van der Waals surface area contributed by atoms with E-state index in [1.165, 1.54) is 0 Å². The van der Waals surface area contributed by atoms with Crippen LogP contribution in [0, 0.1) is 0 Å². The molecule has 220 valence electrons. The Morgan fingerprint density at radius 1 is 1.21 bits per heavy atom. The summed E-state index contributed by atoms with van der Waals surface area (Å²) < 4.78 is 12.1. The van der Waals surface area contributed by atoms with Gasteiger partial charge in [0.25, 0.3) is 12.0 Å². The van der Waals surface area contributed by atoms with Crippen molar-refractivity contribution in [2.24, 2.45) is 0 Å². The SMILES string of the molecule is CC[C@@]1(O)C(=O)OCc2c1cc1n(c2=O)Cc2cc3c(N4CCN(CC(=O)NC(C)C)CC4)c(OC=O)ccc3nc2-1. The second-order valence-corrected chi connectivity index (χ2v) is 11.3. The summed E-state index contributed by atoms with van der Waals surface area (Å²) >= 11 is 0. The fourth-order valence-electron chi connectivity index (χ4n) is 6.19. The molecule has 42 heavy (non-hydrogen) atoms. The largest absolute Gasteiger partial charge is 0.458 e. The van der Waals surface area contributed by atoms with Crippen LogP contribution in [0.15, 0.2) is 29.1 Å². The van der Waals surface area contributed by atoms with E-state index in [9.17, 15) is 24.3 Å². The Kier molecular flexibility index (Phi) is 6.98. The van der Waals surface area contributed by atoms with Crippen LogP contribution in [-0.4, -0.2) is 76.7 Å². The van der Waals surface area contributed by atoms with Crippen LogP contribution in [0.1, 0.15) is 43.9 Å². The molecule has 0 saturated carbocycles. The van der Waals surface area contributed by atoms with E-state index in [-0.39, 0.29) is 48.2 Å². The number of amides is 1. The average molecular weight is 576 g/mol. The number of esters is 1. The van der Waals surface area contributed by atoms with Gasteiger partial charge in [-0.3, -0.25) is 19.3 Å². The molecule has 1 aromatic carbocycles. The molecule has 1 fully saturated rings. The van der Waals surface area contributed by atoms with Crippen LogP contribution in [0.25, 0.3) is 22.3 Å². The zero-order chi connectivity index (χ0) is 29.8. The van der Waals surface area contributed by atoms with Gasteiger partial charge in [-0.05, 0) is 44.5 Å². The van der Waals surface area contributed by atoms with E-state index in [1.54, 1.807) is 29.7 Å². The van der Waals surface area contributed by atoms with Gasteiger partial charge in [-0.25, -0.2) is 9.78 Å². The molecular formula is C30H33N5O7. The highest BCUT2D eigenvalue weighted by Gasteiger charge is 2.45. The quantitative estimate of drug-likeness (QED) is 0.244. The topological polar surface area (TPSA) is 143 Å². The molecule has 12 heteroatoms. The van der Waals surface area contributed by atoms with E-state index in [0.29, 0.717) is 61.9 Å². The molecule has 3 aromatic rings. The molecule has 6 rings (SSSR count). The van der Waals surface area contributed by atoms with Gasteiger partial charge in [0.15, 0.2) is 11.4 Å². The van der Waals surface area contributed by atoms with Crippen molar-refractivity contribution in [1.29, 1.82) is 0 Å². The number of anilines is 1. The molecule has 1 atom stereocenters. The number of hydrogen-bond donors (Lipinski definition) is 2. The van der Waals surface area contributed by atoms with E-state index < -0.39 is 11.6 Å². The highest BCUT2D eigenvalue weighted by Crippen LogP contribution is 2.42. The molecule has 0 bridgehead atoms. The minimum atomic E-state index is -1.90. The van der Waals surface area contributed by atoms with Crippen LogP contribution in [-0.2, 0) is 37.9 Å².